The number of quaternary nitrogens is 1. The highest BCUT2D eigenvalue weighted by molar-refractivity contribution is 6.14. The first-order valence-corrected chi connectivity index (χ1v) is 9.84. The zero-order valence-corrected chi connectivity index (χ0v) is 16.3. The van der Waals surface area contributed by atoms with Crippen molar-refractivity contribution in [2.45, 2.75) is 38.8 Å². The molecule has 2 aliphatic rings. The van der Waals surface area contributed by atoms with Crippen LogP contribution in [0.3, 0.4) is 0 Å². The van der Waals surface area contributed by atoms with Crippen LogP contribution in [0.2, 0.25) is 0 Å². The third-order valence-electron chi connectivity index (χ3n) is 5.82. The Labute approximate surface area is 165 Å². The Balaban J connectivity index is 1.63. The number of Topliss-reactive ketones (excluding diaryl/α,β-unsaturated/α-hetero) is 1. The van der Waals surface area contributed by atoms with Crippen molar-refractivity contribution in [2.24, 2.45) is 0 Å². The molecule has 146 valence electrons. The smallest absolute Gasteiger partial charge is 0.231 e. The van der Waals surface area contributed by atoms with Gasteiger partial charge in [0.25, 0.3) is 0 Å². The van der Waals surface area contributed by atoms with Crippen LogP contribution in [0.15, 0.2) is 42.2 Å². The number of aromatic hydroxyl groups is 1. The summed E-state index contributed by atoms with van der Waals surface area (Å²) in [6.45, 7) is 3.99. The number of carbonyl (C=O) groups excluding carboxylic acids is 1. The van der Waals surface area contributed by atoms with Gasteiger partial charge in [0.05, 0.1) is 30.8 Å². The fourth-order valence-electron chi connectivity index (χ4n) is 4.06. The molecule has 4 rings (SSSR count). The minimum absolute atomic E-state index is 0.145. The van der Waals surface area contributed by atoms with Crippen molar-refractivity contribution >= 4 is 11.9 Å². The van der Waals surface area contributed by atoms with E-state index in [4.69, 9.17) is 9.47 Å². The van der Waals surface area contributed by atoms with E-state index in [9.17, 15) is 9.90 Å². The Morgan fingerprint density at radius 3 is 2.71 bits per heavy atom. The van der Waals surface area contributed by atoms with E-state index in [1.165, 1.54) is 24.2 Å². The Kier molecular flexibility index (Phi) is 5.09. The number of rotatable bonds is 4. The van der Waals surface area contributed by atoms with Gasteiger partial charge in [-0.25, -0.2) is 0 Å². The summed E-state index contributed by atoms with van der Waals surface area (Å²) in [6, 6.07) is 11.2. The molecule has 0 spiro atoms. The molecule has 1 saturated heterocycles. The highest BCUT2D eigenvalue weighted by Gasteiger charge is 2.33. The van der Waals surface area contributed by atoms with Gasteiger partial charge in [-0.3, -0.25) is 4.79 Å². The second kappa shape index (κ2) is 7.68. The van der Waals surface area contributed by atoms with Crippen LogP contribution in [0, 0.1) is 0 Å². The third kappa shape index (κ3) is 3.50. The fourth-order valence-corrected chi connectivity index (χ4v) is 4.06. The van der Waals surface area contributed by atoms with Crippen LogP contribution in [0.1, 0.15) is 47.7 Å². The van der Waals surface area contributed by atoms with Crippen LogP contribution in [0.4, 0.5) is 0 Å². The fraction of sp³-hybridized carbons (Fsp3) is 0.348. The van der Waals surface area contributed by atoms with E-state index in [0.29, 0.717) is 23.9 Å². The van der Waals surface area contributed by atoms with Crippen LogP contribution >= 0.6 is 0 Å². The SMILES string of the molecule is COc1ccc(C=C2Oc3c(ccc(O)c3C[NH+]3CCCC[C@H]3C)C2=O)cc1. The predicted molar refractivity (Wildman–Crippen MR) is 107 cm³/mol. The number of nitrogens with one attached hydrogen (secondary N) is 1. The van der Waals surface area contributed by atoms with E-state index in [-0.39, 0.29) is 17.3 Å². The number of hydrogen-bond donors (Lipinski definition) is 2. The molecular weight excluding hydrogens is 354 g/mol. The summed E-state index contributed by atoms with van der Waals surface area (Å²) in [5.41, 5.74) is 2.11. The molecule has 2 aliphatic heterocycles. The molecule has 2 heterocycles. The molecular formula is C23H26NO4+. The van der Waals surface area contributed by atoms with Gasteiger partial charge < -0.3 is 19.5 Å². The van der Waals surface area contributed by atoms with E-state index >= 15 is 0 Å². The summed E-state index contributed by atoms with van der Waals surface area (Å²) < 4.78 is 11.1. The first kappa shape index (κ1) is 18.6. The van der Waals surface area contributed by atoms with Crippen molar-refractivity contribution in [1.29, 1.82) is 0 Å². The minimum atomic E-state index is -0.145. The maximum atomic E-state index is 12.8. The van der Waals surface area contributed by atoms with Crippen molar-refractivity contribution in [3.8, 4) is 17.2 Å². The molecule has 0 amide bonds. The molecule has 0 aromatic heterocycles. The second-order valence-electron chi connectivity index (χ2n) is 7.63. The number of piperidine rings is 1. The predicted octanol–water partition coefficient (Wildman–Crippen LogP) is 2.97. The van der Waals surface area contributed by atoms with Crippen LogP contribution in [-0.4, -0.2) is 30.6 Å². The Morgan fingerprint density at radius 1 is 1.21 bits per heavy atom. The zero-order chi connectivity index (χ0) is 19.7. The second-order valence-corrected chi connectivity index (χ2v) is 7.63. The van der Waals surface area contributed by atoms with Crippen molar-refractivity contribution in [2.75, 3.05) is 13.7 Å². The molecule has 1 fully saturated rings. The Bertz CT molecular complexity index is 917. The molecule has 5 heteroatoms. The third-order valence-corrected chi connectivity index (χ3v) is 5.82. The molecule has 0 radical (unpaired) electrons. The van der Waals surface area contributed by atoms with E-state index in [2.05, 4.69) is 6.92 Å². The van der Waals surface area contributed by atoms with Gasteiger partial charge in [-0.1, -0.05) is 12.1 Å². The van der Waals surface area contributed by atoms with Gasteiger partial charge in [0.2, 0.25) is 5.78 Å². The number of ether oxygens (including phenoxy) is 2. The Morgan fingerprint density at radius 2 is 2.00 bits per heavy atom. The molecule has 5 nitrogen and oxygen atoms in total. The lowest BCUT2D eigenvalue weighted by Gasteiger charge is -2.30. The van der Waals surface area contributed by atoms with Crippen LogP contribution < -0.4 is 14.4 Å². The number of methoxy groups -OCH3 is 1. The normalized spacial score (nSPS) is 22.8. The Hall–Kier alpha value is -2.79. The van der Waals surface area contributed by atoms with Gasteiger partial charge in [-0.15, -0.1) is 0 Å². The van der Waals surface area contributed by atoms with Gasteiger partial charge in [0.1, 0.15) is 18.0 Å². The first-order chi connectivity index (χ1) is 13.6. The number of ketones is 1. The van der Waals surface area contributed by atoms with Gasteiger partial charge in [-0.05, 0) is 62.1 Å². The summed E-state index contributed by atoms with van der Waals surface area (Å²) in [5, 5.41) is 10.5. The first-order valence-electron chi connectivity index (χ1n) is 9.84. The monoisotopic (exact) mass is 380 g/mol. The van der Waals surface area contributed by atoms with Gasteiger partial charge in [0.15, 0.2) is 11.5 Å². The molecule has 0 aliphatic carbocycles. The lowest BCUT2D eigenvalue weighted by molar-refractivity contribution is -0.941. The van der Waals surface area contributed by atoms with Gasteiger partial charge >= 0.3 is 0 Å². The zero-order valence-electron chi connectivity index (χ0n) is 16.3. The molecule has 0 bridgehead atoms. The number of phenols is 1. The number of likely N-dealkylation sites (tertiary alicyclic amines) is 1. The molecule has 28 heavy (non-hydrogen) atoms. The summed E-state index contributed by atoms with van der Waals surface area (Å²) >= 11 is 0. The van der Waals surface area contributed by atoms with Crippen molar-refractivity contribution < 1.29 is 24.3 Å². The highest BCUT2D eigenvalue weighted by Crippen LogP contribution is 2.39. The molecule has 2 aromatic carbocycles. The van der Waals surface area contributed by atoms with Crippen molar-refractivity contribution in [1.82, 2.24) is 0 Å². The van der Waals surface area contributed by atoms with E-state index in [0.717, 1.165) is 23.4 Å². The number of carbonyl (C=O) groups is 1. The molecule has 2 aromatic rings. The topological polar surface area (TPSA) is 60.2 Å². The number of benzene rings is 2. The number of allylic oxidation sites excluding steroid dienone is 1. The standard InChI is InChI=1S/C23H25NO4/c1-15-5-3-4-12-24(15)14-19-20(25)11-10-18-22(26)21(28-23(18)19)13-16-6-8-17(27-2)9-7-16/h6-11,13,15,25H,3-5,12,14H2,1-2H3/p+1/t15-/m1/s1. The number of phenolic OH excluding ortho intramolecular Hbond substituents is 1. The largest absolute Gasteiger partial charge is 0.507 e. The van der Waals surface area contributed by atoms with Gasteiger partial charge in [-0.2, -0.15) is 0 Å². The van der Waals surface area contributed by atoms with E-state index in [1.807, 2.05) is 24.3 Å². The van der Waals surface area contributed by atoms with Crippen LogP contribution in [0.25, 0.3) is 6.08 Å². The number of hydrogen-bond acceptors (Lipinski definition) is 4. The van der Waals surface area contributed by atoms with Crippen molar-refractivity contribution in [3.05, 3.63) is 58.8 Å². The maximum absolute atomic E-state index is 12.8. The van der Waals surface area contributed by atoms with E-state index < -0.39 is 0 Å². The molecule has 2 atom stereocenters. The minimum Gasteiger partial charge on any atom is -0.507 e. The average Bonchev–Trinajstić information content (AvgIpc) is 3.02. The lowest BCUT2D eigenvalue weighted by atomic mass is 10.0. The summed E-state index contributed by atoms with van der Waals surface area (Å²) in [6.07, 6.45) is 5.37. The van der Waals surface area contributed by atoms with Crippen molar-refractivity contribution in [3.63, 3.8) is 0 Å². The quantitative estimate of drug-likeness (QED) is 0.801. The maximum Gasteiger partial charge on any atom is 0.231 e. The highest BCUT2D eigenvalue weighted by atomic mass is 16.5. The summed E-state index contributed by atoms with van der Waals surface area (Å²) in [4.78, 5) is 14.3. The van der Waals surface area contributed by atoms with E-state index in [1.54, 1.807) is 25.3 Å². The lowest BCUT2D eigenvalue weighted by Crippen LogP contribution is -3.14. The van der Waals surface area contributed by atoms with Gasteiger partial charge in [0, 0.05) is 0 Å². The summed E-state index contributed by atoms with van der Waals surface area (Å²) in [7, 11) is 1.62. The molecule has 1 unspecified atom stereocenters. The number of fused-ring (bicyclic) bond motifs is 1. The van der Waals surface area contributed by atoms with Crippen LogP contribution in [0.5, 0.6) is 17.2 Å². The molecule has 2 N–H and O–H groups in total. The average molecular weight is 380 g/mol. The molecule has 0 saturated carbocycles. The summed E-state index contributed by atoms with van der Waals surface area (Å²) in [5.74, 6) is 1.61. The van der Waals surface area contributed by atoms with Crippen LogP contribution in [-0.2, 0) is 6.54 Å².